The van der Waals surface area contributed by atoms with Gasteiger partial charge in [-0.1, -0.05) is 6.92 Å². The maximum atomic E-state index is 10.3. The van der Waals surface area contributed by atoms with Crippen molar-refractivity contribution in [3.8, 4) is 0 Å². The molecule has 0 heterocycles. The van der Waals surface area contributed by atoms with Gasteiger partial charge < -0.3 is 10.2 Å². The number of carbonyl (C=O) groups is 1. The average Bonchev–Trinajstić information content (AvgIpc) is 1.63. The number of hydrogen-bond donors (Lipinski definition) is 2. The highest BCUT2D eigenvalue weighted by Gasteiger charge is 2.21. The number of carbonyl (C=O) groups excluding carboxylic acids is 1. The van der Waals surface area contributed by atoms with Gasteiger partial charge in [-0.25, -0.2) is 0 Å². The van der Waals surface area contributed by atoms with Crippen LogP contribution in [0.4, 0.5) is 0 Å². The van der Waals surface area contributed by atoms with Gasteiger partial charge in [-0.05, 0) is 13.3 Å². The first-order valence-corrected chi connectivity index (χ1v) is 2.92. The largest absolute Gasteiger partial charge is 0.365 e. The molecule has 0 aromatic rings. The van der Waals surface area contributed by atoms with Crippen molar-refractivity contribution in [2.24, 2.45) is 0 Å². The highest BCUT2D eigenvalue weighted by molar-refractivity contribution is 5.76. The first kappa shape index (κ1) is 8.59. The van der Waals surface area contributed by atoms with E-state index in [1.54, 1.807) is 6.92 Å². The molecule has 0 atom stereocenters. The van der Waals surface area contributed by atoms with E-state index in [9.17, 15) is 4.79 Å². The Bertz CT molecular complexity index is 107. The minimum Gasteiger partial charge on any atom is -0.365 e. The molecule has 9 heavy (non-hydrogen) atoms. The minimum atomic E-state index is -1.79. The fourth-order valence-corrected chi connectivity index (χ4v) is 0.524. The van der Waals surface area contributed by atoms with Crippen molar-refractivity contribution in [3.05, 3.63) is 0 Å². The third-order valence-corrected chi connectivity index (χ3v) is 1.10. The molecule has 0 saturated heterocycles. The molecule has 0 fully saturated rings. The Morgan fingerprint density at radius 1 is 1.56 bits per heavy atom. The van der Waals surface area contributed by atoms with Gasteiger partial charge >= 0.3 is 0 Å². The first-order valence-electron chi connectivity index (χ1n) is 2.92. The second-order valence-corrected chi connectivity index (χ2v) is 2.21. The van der Waals surface area contributed by atoms with E-state index in [2.05, 4.69) is 0 Å². The molecule has 0 amide bonds. The SMILES string of the molecule is CCC(O)(O)CC(C)=O. The fraction of sp³-hybridized carbons (Fsp3) is 0.833. The van der Waals surface area contributed by atoms with Crippen LogP contribution in [0.1, 0.15) is 26.7 Å². The standard InChI is InChI=1S/C6H12O3/c1-3-6(8,9)4-5(2)7/h8-9H,3-4H2,1-2H3. The molecule has 0 aliphatic carbocycles. The number of ketones is 1. The monoisotopic (exact) mass is 132 g/mol. The van der Waals surface area contributed by atoms with Crippen LogP contribution in [0, 0.1) is 0 Å². The molecule has 0 saturated carbocycles. The van der Waals surface area contributed by atoms with Gasteiger partial charge in [-0.15, -0.1) is 0 Å². The van der Waals surface area contributed by atoms with Crippen LogP contribution in [0.3, 0.4) is 0 Å². The molecule has 0 bridgehead atoms. The lowest BCUT2D eigenvalue weighted by Gasteiger charge is -2.16. The van der Waals surface area contributed by atoms with Gasteiger partial charge in [0.2, 0.25) is 0 Å². The van der Waals surface area contributed by atoms with Gasteiger partial charge in [0.05, 0.1) is 6.42 Å². The number of aliphatic hydroxyl groups is 2. The summed E-state index contributed by atoms with van der Waals surface area (Å²) in [6, 6.07) is 0. The Kier molecular flexibility index (Phi) is 2.81. The summed E-state index contributed by atoms with van der Waals surface area (Å²) in [4.78, 5) is 10.3. The van der Waals surface area contributed by atoms with Crippen LogP contribution < -0.4 is 0 Å². The van der Waals surface area contributed by atoms with E-state index in [-0.39, 0.29) is 18.6 Å². The molecule has 54 valence electrons. The predicted molar refractivity (Wildman–Crippen MR) is 32.8 cm³/mol. The normalized spacial score (nSPS) is 11.6. The van der Waals surface area contributed by atoms with Crippen molar-refractivity contribution in [3.63, 3.8) is 0 Å². The maximum absolute atomic E-state index is 10.3. The van der Waals surface area contributed by atoms with Crippen LogP contribution in [0.2, 0.25) is 0 Å². The summed E-state index contributed by atoms with van der Waals surface area (Å²) in [5.74, 6) is -1.99. The Balaban J connectivity index is 3.71. The van der Waals surface area contributed by atoms with E-state index in [0.717, 1.165) is 0 Å². The zero-order chi connectivity index (χ0) is 7.49. The summed E-state index contributed by atoms with van der Waals surface area (Å²) in [5, 5.41) is 17.7. The lowest BCUT2D eigenvalue weighted by atomic mass is 10.1. The Morgan fingerprint density at radius 3 is 2.11 bits per heavy atom. The van der Waals surface area contributed by atoms with E-state index >= 15 is 0 Å². The van der Waals surface area contributed by atoms with Crippen LogP contribution in [0.5, 0.6) is 0 Å². The van der Waals surface area contributed by atoms with Gasteiger partial charge in [-0.2, -0.15) is 0 Å². The number of hydrogen-bond acceptors (Lipinski definition) is 3. The van der Waals surface area contributed by atoms with Crippen molar-refractivity contribution in [2.45, 2.75) is 32.5 Å². The quantitative estimate of drug-likeness (QED) is 0.534. The summed E-state index contributed by atoms with van der Waals surface area (Å²) < 4.78 is 0. The first-order chi connectivity index (χ1) is 3.98. The van der Waals surface area contributed by atoms with Gasteiger partial charge in [0.25, 0.3) is 0 Å². The van der Waals surface area contributed by atoms with Crippen molar-refractivity contribution in [1.82, 2.24) is 0 Å². The van der Waals surface area contributed by atoms with Gasteiger partial charge in [0.15, 0.2) is 5.79 Å². The molecule has 0 aliphatic rings. The Morgan fingerprint density at radius 2 is 2.00 bits per heavy atom. The zero-order valence-electron chi connectivity index (χ0n) is 5.72. The van der Waals surface area contributed by atoms with Crippen LogP contribution in [0.25, 0.3) is 0 Å². The molecular formula is C6H12O3. The highest BCUT2D eigenvalue weighted by Crippen LogP contribution is 2.09. The molecule has 3 nitrogen and oxygen atoms in total. The van der Waals surface area contributed by atoms with E-state index in [1.807, 2.05) is 0 Å². The van der Waals surface area contributed by atoms with Crippen LogP contribution in [0.15, 0.2) is 0 Å². The smallest absolute Gasteiger partial charge is 0.169 e. The summed E-state index contributed by atoms with van der Waals surface area (Å²) >= 11 is 0. The van der Waals surface area contributed by atoms with Crippen molar-refractivity contribution in [2.75, 3.05) is 0 Å². The Labute approximate surface area is 54.3 Å². The maximum Gasteiger partial charge on any atom is 0.169 e. The molecule has 0 spiro atoms. The van der Waals surface area contributed by atoms with E-state index < -0.39 is 5.79 Å². The number of rotatable bonds is 3. The second-order valence-electron chi connectivity index (χ2n) is 2.21. The van der Waals surface area contributed by atoms with Crippen LogP contribution >= 0.6 is 0 Å². The van der Waals surface area contributed by atoms with Gasteiger partial charge in [-0.3, -0.25) is 4.79 Å². The molecule has 3 heteroatoms. The second kappa shape index (κ2) is 2.94. The predicted octanol–water partition coefficient (Wildman–Crippen LogP) is 0.0564. The summed E-state index contributed by atoms with van der Waals surface area (Å²) in [7, 11) is 0. The minimum absolute atomic E-state index is 0.177. The van der Waals surface area contributed by atoms with E-state index in [0.29, 0.717) is 0 Å². The average molecular weight is 132 g/mol. The molecule has 0 unspecified atom stereocenters. The summed E-state index contributed by atoms with van der Waals surface area (Å²) in [5.41, 5.74) is 0. The summed E-state index contributed by atoms with van der Waals surface area (Å²) in [6.45, 7) is 2.94. The third kappa shape index (κ3) is 4.12. The van der Waals surface area contributed by atoms with Gasteiger partial charge in [0.1, 0.15) is 5.78 Å². The zero-order valence-corrected chi connectivity index (χ0v) is 5.72. The molecule has 0 aliphatic heterocycles. The number of Topliss-reactive ketones (excluding diaryl/α,β-unsaturated/α-hetero) is 1. The van der Waals surface area contributed by atoms with E-state index in [1.165, 1.54) is 6.92 Å². The highest BCUT2D eigenvalue weighted by atomic mass is 16.5. The lowest BCUT2D eigenvalue weighted by molar-refractivity contribution is -0.171. The van der Waals surface area contributed by atoms with Crippen molar-refractivity contribution in [1.29, 1.82) is 0 Å². The molecule has 2 N–H and O–H groups in total. The molecule has 0 rings (SSSR count). The molecular weight excluding hydrogens is 120 g/mol. The summed E-state index contributed by atoms with van der Waals surface area (Å²) in [6.07, 6.45) is 0.01000. The third-order valence-electron chi connectivity index (χ3n) is 1.10. The molecule has 0 aromatic carbocycles. The van der Waals surface area contributed by atoms with Crippen LogP contribution in [-0.4, -0.2) is 21.8 Å². The van der Waals surface area contributed by atoms with Gasteiger partial charge in [0, 0.05) is 0 Å². The topological polar surface area (TPSA) is 57.5 Å². The van der Waals surface area contributed by atoms with E-state index in [4.69, 9.17) is 10.2 Å². The van der Waals surface area contributed by atoms with Crippen molar-refractivity contribution >= 4 is 5.78 Å². The molecule has 0 radical (unpaired) electrons. The van der Waals surface area contributed by atoms with Crippen molar-refractivity contribution < 1.29 is 15.0 Å². The Hall–Kier alpha value is -0.410. The molecule has 0 aromatic heterocycles. The lowest BCUT2D eigenvalue weighted by Crippen LogP contribution is -2.29. The fourth-order valence-electron chi connectivity index (χ4n) is 0.524. The van der Waals surface area contributed by atoms with Crippen LogP contribution in [-0.2, 0) is 4.79 Å².